The minimum Gasteiger partial charge on any atom is -0.472 e. The van der Waals surface area contributed by atoms with Crippen LogP contribution in [0.25, 0.3) is 0 Å². The summed E-state index contributed by atoms with van der Waals surface area (Å²) in [5.74, 6) is 0.764. The molecular formula is C12H19NO. The van der Waals surface area contributed by atoms with E-state index in [0.29, 0.717) is 11.5 Å². The van der Waals surface area contributed by atoms with E-state index in [0.717, 1.165) is 12.5 Å². The monoisotopic (exact) mass is 193 g/mol. The van der Waals surface area contributed by atoms with Gasteiger partial charge in [-0.25, -0.2) is 0 Å². The molecule has 2 rings (SSSR count). The topological polar surface area (TPSA) is 25.2 Å². The Balaban J connectivity index is 2.10. The summed E-state index contributed by atoms with van der Waals surface area (Å²) in [5.41, 5.74) is 1.80. The number of furan rings is 1. The minimum absolute atomic E-state index is 0.480. The molecule has 0 spiro atoms. The normalized spacial score (nSPS) is 26.1. The Hall–Kier alpha value is -0.760. The molecule has 78 valence electrons. The summed E-state index contributed by atoms with van der Waals surface area (Å²) >= 11 is 0. The molecule has 1 heterocycles. The van der Waals surface area contributed by atoms with Gasteiger partial charge in [0.25, 0.3) is 0 Å². The van der Waals surface area contributed by atoms with E-state index in [1.807, 2.05) is 6.26 Å². The lowest BCUT2D eigenvalue weighted by atomic mass is 9.99. The van der Waals surface area contributed by atoms with Crippen LogP contribution in [0.2, 0.25) is 0 Å². The average molecular weight is 193 g/mol. The lowest BCUT2D eigenvalue weighted by Crippen LogP contribution is -2.23. The maximum atomic E-state index is 5.15. The van der Waals surface area contributed by atoms with Gasteiger partial charge >= 0.3 is 0 Å². The zero-order valence-corrected chi connectivity index (χ0v) is 9.21. The summed E-state index contributed by atoms with van der Waals surface area (Å²) < 4.78 is 5.15. The standard InChI is InChI=1S/C12H19NO/c1-4-13-11(9-5-6-14-8-9)10-7-12(10,2)3/h5-6,8,10-11,13H,4,7H2,1-3H3. The van der Waals surface area contributed by atoms with Gasteiger partial charge in [0.15, 0.2) is 0 Å². The third-order valence-corrected chi connectivity index (χ3v) is 3.32. The van der Waals surface area contributed by atoms with Crippen LogP contribution in [-0.2, 0) is 0 Å². The van der Waals surface area contributed by atoms with Crippen LogP contribution >= 0.6 is 0 Å². The maximum absolute atomic E-state index is 5.15. The molecule has 0 bridgehead atoms. The molecule has 0 aliphatic heterocycles. The molecule has 1 saturated carbocycles. The largest absolute Gasteiger partial charge is 0.472 e. The van der Waals surface area contributed by atoms with Crippen molar-refractivity contribution >= 4 is 0 Å². The molecule has 1 fully saturated rings. The molecule has 0 saturated heterocycles. The quantitative estimate of drug-likeness (QED) is 0.795. The number of nitrogens with one attached hydrogen (secondary N) is 1. The van der Waals surface area contributed by atoms with Gasteiger partial charge in [0.2, 0.25) is 0 Å². The molecule has 2 heteroatoms. The van der Waals surface area contributed by atoms with Gasteiger partial charge in [-0.15, -0.1) is 0 Å². The molecule has 2 nitrogen and oxygen atoms in total. The SMILES string of the molecule is CCNC(c1ccoc1)C1CC1(C)C. The first kappa shape index (κ1) is 9.78. The van der Waals surface area contributed by atoms with Crippen molar-refractivity contribution < 1.29 is 4.42 Å². The van der Waals surface area contributed by atoms with E-state index >= 15 is 0 Å². The fraction of sp³-hybridized carbons (Fsp3) is 0.667. The molecular weight excluding hydrogens is 174 g/mol. The van der Waals surface area contributed by atoms with Crippen LogP contribution in [0.3, 0.4) is 0 Å². The van der Waals surface area contributed by atoms with Gasteiger partial charge in [0, 0.05) is 11.6 Å². The smallest absolute Gasteiger partial charge is 0.0950 e. The van der Waals surface area contributed by atoms with E-state index in [-0.39, 0.29) is 0 Å². The summed E-state index contributed by atoms with van der Waals surface area (Å²) in [4.78, 5) is 0. The van der Waals surface area contributed by atoms with Crippen molar-refractivity contribution in [2.24, 2.45) is 11.3 Å². The van der Waals surface area contributed by atoms with Crippen LogP contribution in [0.4, 0.5) is 0 Å². The Bertz CT molecular complexity index is 289. The first-order valence-corrected chi connectivity index (χ1v) is 5.40. The third kappa shape index (κ3) is 1.71. The Kier molecular flexibility index (Phi) is 2.40. The third-order valence-electron chi connectivity index (χ3n) is 3.32. The predicted molar refractivity (Wildman–Crippen MR) is 57.0 cm³/mol. The summed E-state index contributed by atoms with van der Waals surface area (Å²) in [6, 6.07) is 2.55. The van der Waals surface area contributed by atoms with E-state index < -0.39 is 0 Å². The Morgan fingerprint density at radius 1 is 1.64 bits per heavy atom. The molecule has 14 heavy (non-hydrogen) atoms. The second-order valence-electron chi connectivity index (χ2n) is 4.89. The molecule has 1 aromatic rings. The van der Waals surface area contributed by atoms with Crippen molar-refractivity contribution in [2.45, 2.75) is 33.2 Å². The number of rotatable bonds is 4. The summed E-state index contributed by atoms with van der Waals surface area (Å²) in [7, 11) is 0. The first-order chi connectivity index (χ1) is 6.65. The predicted octanol–water partition coefficient (Wildman–Crippen LogP) is 2.98. The van der Waals surface area contributed by atoms with Crippen molar-refractivity contribution in [3.63, 3.8) is 0 Å². The van der Waals surface area contributed by atoms with Crippen LogP contribution in [-0.4, -0.2) is 6.54 Å². The highest BCUT2D eigenvalue weighted by atomic mass is 16.3. The average Bonchev–Trinajstić information content (AvgIpc) is 2.61. The van der Waals surface area contributed by atoms with Gasteiger partial charge in [-0.2, -0.15) is 0 Å². The zero-order chi connectivity index (χ0) is 10.2. The van der Waals surface area contributed by atoms with E-state index in [4.69, 9.17) is 4.42 Å². The number of hydrogen-bond acceptors (Lipinski definition) is 2. The molecule has 2 unspecified atom stereocenters. The molecule has 2 atom stereocenters. The van der Waals surface area contributed by atoms with Gasteiger partial charge in [0.1, 0.15) is 0 Å². The first-order valence-electron chi connectivity index (χ1n) is 5.40. The summed E-state index contributed by atoms with van der Waals surface area (Å²) in [6.45, 7) is 7.84. The Labute approximate surface area is 85.7 Å². The highest BCUT2D eigenvalue weighted by Gasteiger charge is 2.50. The van der Waals surface area contributed by atoms with Gasteiger partial charge in [-0.05, 0) is 30.4 Å². The van der Waals surface area contributed by atoms with Crippen molar-refractivity contribution in [1.29, 1.82) is 0 Å². The number of hydrogen-bond donors (Lipinski definition) is 1. The second-order valence-corrected chi connectivity index (χ2v) is 4.89. The van der Waals surface area contributed by atoms with Crippen molar-refractivity contribution in [3.8, 4) is 0 Å². The van der Waals surface area contributed by atoms with E-state index in [1.54, 1.807) is 6.26 Å². The fourth-order valence-corrected chi connectivity index (χ4v) is 2.24. The molecule has 0 radical (unpaired) electrons. The Morgan fingerprint density at radius 3 is 2.79 bits per heavy atom. The maximum Gasteiger partial charge on any atom is 0.0950 e. The summed E-state index contributed by atoms with van der Waals surface area (Å²) in [6.07, 6.45) is 4.94. The lowest BCUT2D eigenvalue weighted by molar-refractivity contribution is 0.419. The van der Waals surface area contributed by atoms with E-state index in [9.17, 15) is 0 Å². The van der Waals surface area contributed by atoms with Crippen LogP contribution in [0.1, 0.15) is 38.8 Å². The van der Waals surface area contributed by atoms with Crippen LogP contribution in [0.5, 0.6) is 0 Å². The van der Waals surface area contributed by atoms with Crippen molar-refractivity contribution in [3.05, 3.63) is 24.2 Å². The van der Waals surface area contributed by atoms with Crippen LogP contribution < -0.4 is 5.32 Å². The second kappa shape index (κ2) is 3.43. The van der Waals surface area contributed by atoms with Gasteiger partial charge in [-0.3, -0.25) is 0 Å². The van der Waals surface area contributed by atoms with Crippen LogP contribution in [0.15, 0.2) is 23.0 Å². The van der Waals surface area contributed by atoms with Gasteiger partial charge in [0.05, 0.1) is 12.5 Å². The van der Waals surface area contributed by atoms with Crippen molar-refractivity contribution in [1.82, 2.24) is 5.32 Å². The van der Waals surface area contributed by atoms with E-state index in [2.05, 4.69) is 32.2 Å². The molecule has 1 aliphatic carbocycles. The molecule has 0 amide bonds. The molecule has 1 aromatic heterocycles. The van der Waals surface area contributed by atoms with Gasteiger partial charge < -0.3 is 9.73 Å². The summed E-state index contributed by atoms with van der Waals surface area (Å²) in [5, 5.41) is 3.54. The molecule has 1 N–H and O–H groups in total. The zero-order valence-electron chi connectivity index (χ0n) is 9.21. The highest BCUT2D eigenvalue weighted by Crippen LogP contribution is 2.57. The van der Waals surface area contributed by atoms with Gasteiger partial charge in [-0.1, -0.05) is 20.8 Å². The van der Waals surface area contributed by atoms with E-state index in [1.165, 1.54) is 12.0 Å². The Morgan fingerprint density at radius 2 is 2.36 bits per heavy atom. The molecule has 0 aromatic carbocycles. The molecule has 1 aliphatic rings. The van der Waals surface area contributed by atoms with Crippen molar-refractivity contribution in [2.75, 3.05) is 6.54 Å². The minimum atomic E-state index is 0.480. The van der Waals surface area contributed by atoms with Crippen LogP contribution in [0, 0.1) is 11.3 Å². The fourth-order valence-electron chi connectivity index (χ4n) is 2.24. The highest BCUT2D eigenvalue weighted by molar-refractivity contribution is 5.18. The lowest BCUT2D eigenvalue weighted by Gasteiger charge is -2.17.